The molecule has 0 heterocycles. The summed E-state index contributed by atoms with van der Waals surface area (Å²) in [6, 6.07) is 12.4. The van der Waals surface area contributed by atoms with Crippen molar-refractivity contribution in [2.75, 3.05) is 19.6 Å². The molecule has 10 nitrogen and oxygen atoms in total. The number of amides is 1. The highest BCUT2D eigenvalue weighted by atomic mass is 35.5. The average molecular weight is 556 g/mol. The minimum absolute atomic E-state index is 0.0426. The van der Waals surface area contributed by atoms with E-state index in [0.717, 1.165) is 22.0 Å². The monoisotopic (exact) mass is 555 g/mol. The van der Waals surface area contributed by atoms with Gasteiger partial charge < -0.3 is 14.7 Å². The van der Waals surface area contributed by atoms with Crippen molar-refractivity contribution in [1.29, 1.82) is 0 Å². The summed E-state index contributed by atoms with van der Waals surface area (Å²) in [5.74, 6) is -0.115. The number of carbonyl (C=O) groups is 1. The normalized spacial score (nSPS) is 13.0. The molecule has 1 atom stereocenters. The van der Waals surface area contributed by atoms with Gasteiger partial charge in [0.25, 0.3) is 5.69 Å². The molecule has 0 spiro atoms. The van der Waals surface area contributed by atoms with Crippen LogP contribution in [0.4, 0.5) is 10.5 Å². The summed E-state index contributed by atoms with van der Waals surface area (Å²) in [6.07, 6.45) is -1.92. The van der Waals surface area contributed by atoms with Gasteiger partial charge in [-0.05, 0) is 44.4 Å². The van der Waals surface area contributed by atoms with Crippen LogP contribution >= 0.6 is 11.6 Å². The molecule has 12 heteroatoms. The number of rotatable bonds is 11. The first-order chi connectivity index (χ1) is 17.1. The Kier molecular flexibility index (Phi) is 10.5. The van der Waals surface area contributed by atoms with Crippen molar-refractivity contribution in [3.05, 3.63) is 69.2 Å². The van der Waals surface area contributed by atoms with Crippen LogP contribution in [0.1, 0.15) is 40.2 Å². The van der Waals surface area contributed by atoms with E-state index >= 15 is 0 Å². The number of nitro benzene ring substituents is 1. The summed E-state index contributed by atoms with van der Waals surface area (Å²) in [5.41, 5.74) is -0.500. The topological polar surface area (TPSA) is 130 Å². The third-order valence-electron chi connectivity index (χ3n) is 5.03. The van der Waals surface area contributed by atoms with Crippen molar-refractivity contribution in [3.63, 3.8) is 0 Å². The predicted octanol–water partition coefficient (Wildman–Crippen LogP) is 4.69. The second-order valence-corrected chi connectivity index (χ2v) is 12.4. The van der Waals surface area contributed by atoms with Crippen LogP contribution in [0.15, 0.2) is 53.4 Å². The van der Waals surface area contributed by atoms with Gasteiger partial charge in [0.05, 0.1) is 22.5 Å². The first kappa shape index (κ1) is 30.5. The number of sulfonamides is 1. The van der Waals surface area contributed by atoms with Gasteiger partial charge in [-0.25, -0.2) is 13.2 Å². The second-order valence-electron chi connectivity index (χ2n) is 10.1. The zero-order chi connectivity index (χ0) is 28.0. The Labute approximate surface area is 223 Å². The number of nitrogens with zero attached hydrogens (tertiary/aromatic N) is 3. The van der Waals surface area contributed by atoms with Crippen molar-refractivity contribution in [1.82, 2.24) is 9.21 Å². The van der Waals surface area contributed by atoms with E-state index in [1.807, 2.05) is 44.2 Å². The Morgan fingerprint density at radius 1 is 1.11 bits per heavy atom. The molecule has 2 aromatic rings. The van der Waals surface area contributed by atoms with Crippen LogP contribution in [0, 0.1) is 16.0 Å². The van der Waals surface area contributed by atoms with Gasteiger partial charge in [-0.15, -0.1) is 0 Å². The van der Waals surface area contributed by atoms with Crippen LogP contribution in [0.2, 0.25) is 5.02 Å². The van der Waals surface area contributed by atoms with Gasteiger partial charge in [0.15, 0.2) is 0 Å². The van der Waals surface area contributed by atoms with E-state index < -0.39 is 38.4 Å². The molecule has 0 fully saturated rings. The van der Waals surface area contributed by atoms with Crippen molar-refractivity contribution < 1.29 is 28.0 Å². The second kappa shape index (κ2) is 12.7. The first-order valence-electron chi connectivity index (χ1n) is 11.7. The lowest BCUT2D eigenvalue weighted by Crippen LogP contribution is -2.46. The maximum Gasteiger partial charge on any atom is 0.410 e. The number of hydrogen-bond acceptors (Lipinski definition) is 7. The predicted molar refractivity (Wildman–Crippen MR) is 141 cm³/mol. The molecule has 0 radical (unpaired) electrons. The van der Waals surface area contributed by atoms with Gasteiger partial charge >= 0.3 is 6.09 Å². The molecule has 1 amide bonds. The molecule has 0 saturated heterocycles. The molecule has 0 aliphatic heterocycles. The minimum Gasteiger partial charge on any atom is -0.444 e. The maximum atomic E-state index is 13.4. The number of aliphatic hydroxyl groups excluding tert-OH is 1. The van der Waals surface area contributed by atoms with Gasteiger partial charge in [0, 0.05) is 25.7 Å². The molecule has 2 aromatic carbocycles. The molecule has 0 bridgehead atoms. The van der Waals surface area contributed by atoms with E-state index in [4.69, 9.17) is 16.3 Å². The Bertz CT molecular complexity index is 1180. The molecule has 0 aliphatic rings. The Balaban J connectivity index is 2.32. The summed E-state index contributed by atoms with van der Waals surface area (Å²) in [6.45, 7) is 8.44. The molecule has 204 valence electrons. The number of carbonyl (C=O) groups excluding carboxylic acids is 1. The standard InChI is InChI=1S/C25H34ClN3O7S/c1-18(2)14-28(37(34,35)21-11-12-22(26)23(13-21)29(32)33)17-20(30)16-27(24(31)36-25(3,4)5)15-19-9-7-6-8-10-19/h6-13,18,20,30H,14-17H2,1-5H3/t20-/m1/s1. The molecule has 0 aromatic heterocycles. The van der Waals surface area contributed by atoms with Gasteiger partial charge in [-0.2, -0.15) is 4.31 Å². The SMILES string of the molecule is CC(C)CN(C[C@H](O)CN(Cc1ccccc1)C(=O)OC(C)(C)C)S(=O)(=O)c1ccc(Cl)c([N+](=O)[O-])c1. The van der Waals surface area contributed by atoms with E-state index in [9.17, 15) is 28.4 Å². The van der Waals surface area contributed by atoms with Crippen molar-refractivity contribution in [2.24, 2.45) is 5.92 Å². The molecule has 37 heavy (non-hydrogen) atoms. The number of benzene rings is 2. The Morgan fingerprint density at radius 3 is 2.27 bits per heavy atom. The largest absolute Gasteiger partial charge is 0.444 e. The third kappa shape index (κ3) is 9.26. The minimum atomic E-state index is -4.23. The highest BCUT2D eigenvalue weighted by molar-refractivity contribution is 7.89. The highest BCUT2D eigenvalue weighted by Crippen LogP contribution is 2.29. The number of ether oxygens (including phenoxy) is 1. The fourth-order valence-electron chi connectivity index (χ4n) is 3.50. The lowest BCUT2D eigenvalue weighted by atomic mass is 10.2. The van der Waals surface area contributed by atoms with Crippen LogP contribution in [0.3, 0.4) is 0 Å². The van der Waals surface area contributed by atoms with E-state index in [1.54, 1.807) is 20.8 Å². The van der Waals surface area contributed by atoms with Crippen LogP contribution in [-0.4, -0.2) is 65.1 Å². The van der Waals surface area contributed by atoms with Crippen LogP contribution in [-0.2, 0) is 21.3 Å². The molecule has 0 saturated carbocycles. The molecular weight excluding hydrogens is 522 g/mol. The highest BCUT2D eigenvalue weighted by Gasteiger charge is 2.31. The number of hydrogen-bond donors (Lipinski definition) is 1. The summed E-state index contributed by atoms with van der Waals surface area (Å²) in [4.78, 5) is 24.4. The first-order valence-corrected chi connectivity index (χ1v) is 13.6. The fraction of sp³-hybridized carbons (Fsp3) is 0.480. The molecule has 2 rings (SSSR count). The van der Waals surface area contributed by atoms with E-state index in [2.05, 4.69) is 0 Å². The number of nitro groups is 1. The Hall–Kier alpha value is -2.73. The zero-order valence-corrected chi connectivity index (χ0v) is 23.2. The van der Waals surface area contributed by atoms with Crippen LogP contribution in [0.25, 0.3) is 0 Å². The van der Waals surface area contributed by atoms with Crippen molar-refractivity contribution in [3.8, 4) is 0 Å². The summed E-state index contributed by atoms with van der Waals surface area (Å²) >= 11 is 5.85. The number of halogens is 1. The van der Waals surface area contributed by atoms with E-state index in [-0.39, 0.29) is 42.0 Å². The van der Waals surface area contributed by atoms with Gasteiger partial charge in [0.2, 0.25) is 10.0 Å². The van der Waals surface area contributed by atoms with Crippen LogP contribution < -0.4 is 0 Å². The molecule has 0 aliphatic carbocycles. The molecule has 0 unspecified atom stereocenters. The van der Waals surface area contributed by atoms with Crippen molar-refractivity contribution >= 4 is 33.4 Å². The van der Waals surface area contributed by atoms with E-state index in [1.165, 1.54) is 11.0 Å². The quantitative estimate of drug-likeness (QED) is 0.314. The molecular formula is C25H34ClN3O7S. The lowest BCUT2D eigenvalue weighted by molar-refractivity contribution is -0.384. The van der Waals surface area contributed by atoms with Gasteiger partial charge in [-0.1, -0.05) is 55.8 Å². The number of aliphatic hydroxyl groups is 1. The summed E-state index contributed by atoms with van der Waals surface area (Å²) < 4.78 is 33.4. The Morgan fingerprint density at radius 2 is 1.73 bits per heavy atom. The fourth-order valence-corrected chi connectivity index (χ4v) is 5.35. The third-order valence-corrected chi connectivity index (χ3v) is 7.18. The van der Waals surface area contributed by atoms with Gasteiger partial charge in [0.1, 0.15) is 10.6 Å². The molecule has 1 N–H and O–H groups in total. The summed E-state index contributed by atoms with van der Waals surface area (Å²) in [5, 5.41) is 22.0. The lowest BCUT2D eigenvalue weighted by Gasteiger charge is -2.31. The zero-order valence-electron chi connectivity index (χ0n) is 21.6. The van der Waals surface area contributed by atoms with E-state index in [0.29, 0.717) is 0 Å². The smallest absolute Gasteiger partial charge is 0.410 e. The van der Waals surface area contributed by atoms with Gasteiger partial charge in [-0.3, -0.25) is 10.1 Å². The average Bonchev–Trinajstić information content (AvgIpc) is 2.77. The van der Waals surface area contributed by atoms with Crippen molar-refractivity contribution in [2.45, 2.75) is 57.8 Å². The maximum absolute atomic E-state index is 13.4. The summed E-state index contributed by atoms with van der Waals surface area (Å²) in [7, 11) is -4.23. The van der Waals surface area contributed by atoms with Crippen LogP contribution in [0.5, 0.6) is 0 Å².